The first-order valence-corrected chi connectivity index (χ1v) is 7.23. The summed E-state index contributed by atoms with van der Waals surface area (Å²) >= 11 is 1.58. The van der Waals surface area contributed by atoms with Crippen molar-refractivity contribution < 1.29 is 0 Å². The average Bonchev–Trinajstić information content (AvgIpc) is 2.79. The molecule has 1 N–H and O–H groups in total. The van der Waals surface area contributed by atoms with E-state index in [4.69, 9.17) is 0 Å². The summed E-state index contributed by atoms with van der Waals surface area (Å²) in [5.41, 5.74) is 0.974. The molecular weight excluding hydrogens is 260 g/mol. The average molecular weight is 278 g/mol. The number of thioether (sulfide) groups is 1. The number of aromatic nitrogens is 5. The molecule has 0 amide bonds. The zero-order chi connectivity index (χ0) is 13.7. The number of rotatable bonds is 6. The predicted molar refractivity (Wildman–Crippen MR) is 76.1 cm³/mol. The molecule has 0 saturated carbocycles. The molecule has 0 fully saturated rings. The van der Waals surface area contributed by atoms with Crippen molar-refractivity contribution in [3.63, 3.8) is 0 Å². The molecule has 6 nitrogen and oxygen atoms in total. The van der Waals surface area contributed by atoms with Crippen LogP contribution in [0.15, 0.2) is 17.6 Å². The molecule has 102 valence electrons. The van der Waals surface area contributed by atoms with Gasteiger partial charge in [-0.3, -0.25) is 0 Å². The highest BCUT2D eigenvalue weighted by atomic mass is 32.2. The van der Waals surface area contributed by atoms with E-state index in [0.717, 1.165) is 35.5 Å². The van der Waals surface area contributed by atoms with E-state index in [0.29, 0.717) is 5.75 Å². The molecule has 2 heterocycles. The summed E-state index contributed by atoms with van der Waals surface area (Å²) in [6, 6.07) is 1.96. The minimum atomic E-state index is 0.690. The van der Waals surface area contributed by atoms with Gasteiger partial charge in [0.25, 0.3) is 0 Å². The molecule has 2 aromatic rings. The van der Waals surface area contributed by atoms with Gasteiger partial charge in [0.05, 0.1) is 5.75 Å². The van der Waals surface area contributed by atoms with Crippen LogP contribution in [0.1, 0.15) is 24.9 Å². The smallest absolute Gasteiger partial charge is 0.191 e. The van der Waals surface area contributed by atoms with Crippen LogP contribution in [0, 0.1) is 6.92 Å². The highest BCUT2D eigenvalue weighted by Gasteiger charge is 2.06. The van der Waals surface area contributed by atoms with Gasteiger partial charge in [-0.1, -0.05) is 18.7 Å². The van der Waals surface area contributed by atoms with Crippen molar-refractivity contribution >= 4 is 17.6 Å². The monoisotopic (exact) mass is 278 g/mol. The first-order chi connectivity index (χ1) is 9.19. The number of hydrogen-bond donors (Lipinski definition) is 1. The van der Waals surface area contributed by atoms with Crippen LogP contribution in [0.2, 0.25) is 0 Å². The minimum absolute atomic E-state index is 0.690. The highest BCUT2D eigenvalue weighted by Crippen LogP contribution is 2.19. The zero-order valence-corrected chi connectivity index (χ0v) is 12.2. The molecule has 19 heavy (non-hydrogen) atoms. The molecule has 2 aromatic heterocycles. The molecule has 0 spiro atoms. The van der Waals surface area contributed by atoms with Crippen LogP contribution in [-0.4, -0.2) is 31.3 Å². The molecule has 0 radical (unpaired) electrons. The Bertz CT molecular complexity index is 539. The summed E-state index contributed by atoms with van der Waals surface area (Å²) in [6.07, 6.45) is 2.76. The van der Waals surface area contributed by atoms with Gasteiger partial charge < -0.3 is 9.88 Å². The fourth-order valence-electron chi connectivity index (χ4n) is 1.57. The Morgan fingerprint density at radius 3 is 2.89 bits per heavy atom. The first-order valence-electron chi connectivity index (χ1n) is 6.24. The van der Waals surface area contributed by atoms with Gasteiger partial charge >= 0.3 is 0 Å². The van der Waals surface area contributed by atoms with Crippen LogP contribution in [-0.2, 0) is 12.8 Å². The normalized spacial score (nSPS) is 10.7. The van der Waals surface area contributed by atoms with E-state index in [1.807, 2.05) is 24.6 Å². The lowest BCUT2D eigenvalue weighted by atomic mass is 10.4. The van der Waals surface area contributed by atoms with Gasteiger partial charge in [0.15, 0.2) is 5.16 Å². The Balaban J connectivity index is 2.03. The van der Waals surface area contributed by atoms with Gasteiger partial charge in [0.1, 0.15) is 18.0 Å². The van der Waals surface area contributed by atoms with Crippen LogP contribution >= 0.6 is 11.8 Å². The standard InChI is InChI=1S/C12H18N6S/c1-4-5-13-10-6-9(2)15-11(16-10)7-19-12-17-14-8-18(12)3/h6,8H,4-5,7H2,1-3H3,(H,13,15,16). The van der Waals surface area contributed by atoms with E-state index < -0.39 is 0 Å². The maximum Gasteiger partial charge on any atom is 0.191 e. The molecule has 0 aliphatic rings. The summed E-state index contributed by atoms with van der Waals surface area (Å²) in [5, 5.41) is 12.0. The Kier molecular flexibility index (Phi) is 4.73. The van der Waals surface area contributed by atoms with Gasteiger partial charge in [-0.25, -0.2) is 9.97 Å². The van der Waals surface area contributed by atoms with E-state index in [2.05, 4.69) is 32.4 Å². The minimum Gasteiger partial charge on any atom is -0.370 e. The predicted octanol–water partition coefficient (Wildman–Crippen LogP) is 2.03. The Labute approximate surface area is 117 Å². The van der Waals surface area contributed by atoms with E-state index in [1.165, 1.54) is 0 Å². The van der Waals surface area contributed by atoms with Gasteiger partial charge in [0, 0.05) is 25.4 Å². The second kappa shape index (κ2) is 6.51. The third kappa shape index (κ3) is 3.92. The van der Waals surface area contributed by atoms with Crippen molar-refractivity contribution in [1.29, 1.82) is 0 Å². The number of aryl methyl sites for hydroxylation is 2. The Hall–Kier alpha value is -1.63. The van der Waals surface area contributed by atoms with Crippen molar-refractivity contribution in [3.8, 4) is 0 Å². The third-order valence-corrected chi connectivity index (χ3v) is 3.49. The van der Waals surface area contributed by atoms with Crippen molar-refractivity contribution in [2.24, 2.45) is 7.05 Å². The summed E-state index contributed by atoms with van der Waals surface area (Å²) < 4.78 is 1.89. The van der Waals surface area contributed by atoms with Crippen LogP contribution in [0.25, 0.3) is 0 Å². The van der Waals surface area contributed by atoms with Gasteiger partial charge in [-0.15, -0.1) is 10.2 Å². The molecular formula is C12H18N6S. The molecule has 0 aliphatic carbocycles. The lowest BCUT2D eigenvalue weighted by Gasteiger charge is -2.07. The number of nitrogens with zero attached hydrogens (tertiary/aromatic N) is 5. The second-order valence-corrected chi connectivity index (χ2v) is 5.19. The van der Waals surface area contributed by atoms with Crippen molar-refractivity contribution in [2.75, 3.05) is 11.9 Å². The lowest BCUT2D eigenvalue weighted by molar-refractivity contribution is 0.787. The summed E-state index contributed by atoms with van der Waals surface area (Å²) in [4.78, 5) is 8.94. The second-order valence-electron chi connectivity index (χ2n) is 4.25. The summed E-state index contributed by atoms with van der Waals surface area (Å²) in [6.45, 7) is 5.04. The van der Waals surface area contributed by atoms with E-state index in [1.54, 1.807) is 18.1 Å². The maximum absolute atomic E-state index is 4.50. The molecule has 0 saturated heterocycles. The molecule has 0 aromatic carbocycles. The van der Waals surface area contributed by atoms with Gasteiger partial charge in [-0.05, 0) is 13.3 Å². The van der Waals surface area contributed by atoms with Crippen molar-refractivity contribution in [3.05, 3.63) is 23.9 Å². The van der Waals surface area contributed by atoms with Gasteiger partial charge in [0.2, 0.25) is 0 Å². The van der Waals surface area contributed by atoms with Crippen LogP contribution in [0.3, 0.4) is 0 Å². The van der Waals surface area contributed by atoms with Crippen molar-refractivity contribution in [1.82, 2.24) is 24.7 Å². The van der Waals surface area contributed by atoms with E-state index in [-0.39, 0.29) is 0 Å². The topological polar surface area (TPSA) is 68.5 Å². The molecule has 0 aliphatic heterocycles. The van der Waals surface area contributed by atoms with Crippen LogP contribution < -0.4 is 5.32 Å². The zero-order valence-electron chi connectivity index (χ0n) is 11.4. The fraction of sp³-hybridized carbons (Fsp3) is 0.500. The van der Waals surface area contributed by atoms with E-state index >= 15 is 0 Å². The molecule has 0 atom stereocenters. The molecule has 7 heteroatoms. The first kappa shape index (κ1) is 13.8. The van der Waals surface area contributed by atoms with Gasteiger partial charge in [-0.2, -0.15) is 0 Å². The number of hydrogen-bond acceptors (Lipinski definition) is 6. The molecule has 0 unspecified atom stereocenters. The summed E-state index contributed by atoms with van der Waals surface area (Å²) in [5.74, 6) is 2.39. The Morgan fingerprint density at radius 1 is 1.37 bits per heavy atom. The van der Waals surface area contributed by atoms with E-state index in [9.17, 15) is 0 Å². The lowest BCUT2D eigenvalue weighted by Crippen LogP contribution is -2.05. The van der Waals surface area contributed by atoms with Crippen LogP contribution in [0.4, 0.5) is 5.82 Å². The highest BCUT2D eigenvalue weighted by molar-refractivity contribution is 7.98. The number of anilines is 1. The maximum atomic E-state index is 4.50. The third-order valence-electron chi connectivity index (χ3n) is 2.46. The quantitative estimate of drug-likeness (QED) is 0.815. The number of nitrogens with one attached hydrogen (secondary N) is 1. The molecule has 0 bridgehead atoms. The SMILES string of the molecule is CCCNc1cc(C)nc(CSc2nncn2C)n1. The molecule has 2 rings (SSSR count). The van der Waals surface area contributed by atoms with Crippen molar-refractivity contribution in [2.45, 2.75) is 31.2 Å². The largest absolute Gasteiger partial charge is 0.370 e. The Morgan fingerprint density at radius 2 is 2.21 bits per heavy atom. The fourth-order valence-corrected chi connectivity index (χ4v) is 2.31. The van der Waals surface area contributed by atoms with Crippen LogP contribution in [0.5, 0.6) is 0 Å². The summed E-state index contributed by atoms with van der Waals surface area (Å²) in [7, 11) is 1.92.